The molecule has 1 amide bonds. The number of nitro benzene ring substituents is 1. The van der Waals surface area contributed by atoms with Crippen LogP contribution in [0.15, 0.2) is 71.2 Å². The molecule has 29 heavy (non-hydrogen) atoms. The van der Waals surface area contributed by atoms with Gasteiger partial charge < -0.3 is 10.1 Å². The summed E-state index contributed by atoms with van der Waals surface area (Å²) in [7, 11) is 0. The molecule has 0 atom stereocenters. The number of hydrogen-bond acceptors (Lipinski definition) is 4. The van der Waals surface area contributed by atoms with Gasteiger partial charge in [-0.1, -0.05) is 30.3 Å². The number of carbonyl (C=O) groups is 1. The molecule has 3 aromatic rings. The lowest BCUT2D eigenvalue weighted by Crippen LogP contribution is -2.13. The molecule has 0 radical (unpaired) electrons. The number of benzene rings is 3. The summed E-state index contributed by atoms with van der Waals surface area (Å²) in [5.41, 5.74) is 0.824. The summed E-state index contributed by atoms with van der Waals surface area (Å²) in [5, 5.41) is 13.2. The molecule has 0 bridgehead atoms. The second-order valence-electron chi connectivity index (χ2n) is 6.10. The second kappa shape index (κ2) is 9.29. The number of carbonyl (C=O) groups excluding carboxylic acids is 1. The largest absolute Gasteiger partial charge is 0.492 e. The van der Waals surface area contributed by atoms with Crippen LogP contribution in [0.3, 0.4) is 0 Å². The molecule has 3 aromatic carbocycles. The monoisotopic (exact) mass is 458 g/mol. The Morgan fingerprint density at radius 2 is 1.86 bits per heavy atom. The molecule has 148 valence electrons. The quantitative estimate of drug-likeness (QED) is 0.381. The van der Waals surface area contributed by atoms with Crippen molar-refractivity contribution >= 4 is 33.2 Å². The van der Waals surface area contributed by atoms with Gasteiger partial charge in [0.25, 0.3) is 11.6 Å². The molecular weight excluding hydrogens is 443 g/mol. The van der Waals surface area contributed by atoms with Crippen molar-refractivity contribution in [1.82, 2.24) is 0 Å². The van der Waals surface area contributed by atoms with Crippen LogP contribution in [0.25, 0.3) is 0 Å². The van der Waals surface area contributed by atoms with Gasteiger partial charge in [-0.2, -0.15) is 0 Å². The van der Waals surface area contributed by atoms with Crippen LogP contribution in [0, 0.1) is 15.9 Å². The summed E-state index contributed by atoms with van der Waals surface area (Å²) in [6.07, 6.45) is 0.738. The van der Waals surface area contributed by atoms with Gasteiger partial charge in [0.15, 0.2) is 0 Å². The third-order valence-electron chi connectivity index (χ3n) is 4.09. The minimum atomic E-state index is -0.760. The fourth-order valence-electron chi connectivity index (χ4n) is 2.60. The van der Waals surface area contributed by atoms with Crippen LogP contribution in [0.1, 0.15) is 15.9 Å². The van der Waals surface area contributed by atoms with Crippen LogP contribution in [0.2, 0.25) is 0 Å². The Morgan fingerprint density at radius 1 is 1.10 bits per heavy atom. The molecule has 8 heteroatoms. The van der Waals surface area contributed by atoms with Crippen LogP contribution in [-0.4, -0.2) is 17.4 Å². The number of nitrogens with one attached hydrogen (secondary N) is 1. The van der Waals surface area contributed by atoms with E-state index in [-0.39, 0.29) is 16.9 Å². The summed E-state index contributed by atoms with van der Waals surface area (Å²) >= 11 is 3.36. The third-order valence-corrected chi connectivity index (χ3v) is 4.71. The van der Waals surface area contributed by atoms with E-state index in [4.69, 9.17) is 4.74 Å². The highest BCUT2D eigenvalue weighted by Crippen LogP contribution is 2.27. The smallest absolute Gasteiger partial charge is 0.271 e. The average Bonchev–Trinajstić information content (AvgIpc) is 2.71. The molecule has 0 heterocycles. The average molecular weight is 459 g/mol. The highest BCUT2D eigenvalue weighted by molar-refractivity contribution is 9.10. The molecule has 0 saturated carbocycles. The number of anilines is 1. The lowest BCUT2D eigenvalue weighted by atomic mass is 10.1. The molecule has 0 spiro atoms. The predicted octanol–water partition coefficient (Wildman–Crippen LogP) is 5.37. The van der Waals surface area contributed by atoms with Crippen molar-refractivity contribution in [3.05, 3.63) is 98.3 Å². The Labute approximate surface area is 174 Å². The Kier molecular flexibility index (Phi) is 6.56. The van der Waals surface area contributed by atoms with Gasteiger partial charge in [0.2, 0.25) is 0 Å². The minimum absolute atomic E-state index is 0.248. The van der Waals surface area contributed by atoms with Crippen LogP contribution in [0.4, 0.5) is 15.8 Å². The number of non-ortho nitro benzene ring substituents is 1. The summed E-state index contributed by atoms with van der Waals surface area (Å²) in [5.74, 6) is -0.788. The van der Waals surface area contributed by atoms with Crippen molar-refractivity contribution in [1.29, 1.82) is 0 Å². The number of halogens is 2. The predicted molar refractivity (Wildman–Crippen MR) is 111 cm³/mol. The normalized spacial score (nSPS) is 10.4. The molecule has 0 fully saturated rings. The lowest BCUT2D eigenvalue weighted by molar-refractivity contribution is -0.384. The van der Waals surface area contributed by atoms with Crippen molar-refractivity contribution < 1.29 is 18.8 Å². The van der Waals surface area contributed by atoms with Crippen LogP contribution < -0.4 is 10.1 Å². The molecule has 0 saturated heterocycles. The van der Waals surface area contributed by atoms with Gasteiger partial charge in [-0.05, 0) is 45.8 Å². The van der Waals surface area contributed by atoms with E-state index >= 15 is 0 Å². The van der Waals surface area contributed by atoms with Crippen molar-refractivity contribution in [3.63, 3.8) is 0 Å². The van der Waals surface area contributed by atoms with Gasteiger partial charge in [-0.15, -0.1) is 0 Å². The Hall–Kier alpha value is -3.26. The molecule has 6 nitrogen and oxygen atoms in total. The molecule has 0 unspecified atom stereocenters. The SMILES string of the molecule is O=C(Nc1cc([N+](=O)[O-])ccc1F)c1ccc(OCCc2ccccc2)c(Br)c1. The van der Waals surface area contributed by atoms with E-state index < -0.39 is 16.6 Å². The van der Waals surface area contributed by atoms with Crippen molar-refractivity contribution in [2.75, 3.05) is 11.9 Å². The molecule has 0 aromatic heterocycles. The number of nitrogens with zero attached hydrogens (tertiary/aromatic N) is 1. The number of nitro groups is 1. The maximum Gasteiger partial charge on any atom is 0.271 e. The van der Waals surface area contributed by atoms with Crippen molar-refractivity contribution in [2.45, 2.75) is 6.42 Å². The maximum absolute atomic E-state index is 13.9. The maximum atomic E-state index is 13.9. The fraction of sp³-hybridized carbons (Fsp3) is 0.0952. The standard InChI is InChI=1S/C21H16BrFN2O4/c22-17-12-15(6-9-20(17)29-11-10-14-4-2-1-3-5-14)21(26)24-19-13-16(25(27)28)7-8-18(19)23/h1-9,12-13H,10-11H2,(H,24,26). The number of hydrogen-bond donors (Lipinski definition) is 1. The second-order valence-corrected chi connectivity index (χ2v) is 6.96. The van der Waals surface area contributed by atoms with E-state index in [0.717, 1.165) is 30.2 Å². The number of ether oxygens (including phenoxy) is 1. The Bertz CT molecular complexity index is 1040. The van der Waals surface area contributed by atoms with Gasteiger partial charge in [0.05, 0.1) is 21.7 Å². The Morgan fingerprint density at radius 3 is 2.55 bits per heavy atom. The molecular formula is C21H16BrFN2O4. The van der Waals surface area contributed by atoms with Crippen LogP contribution in [-0.2, 0) is 6.42 Å². The zero-order valence-corrected chi connectivity index (χ0v) is 16.7. The number of rotatable bonds is 7. The molecule has 0 aliphatic carbocycles. The minimum Gasteiger partial charge on any atom is -0.492 e. The first-order chi connectivity index (χ1) is 13.9. The molecule has 1 N–H and O–H groups in total. The summed E-state index contributed by atoms with van der Waals surface area (Å²) in [6, 6.07) is 17.6. The van der Waals surface area contributed by atoms with E-state index in [1.165, 1.54) is 6.07 Å². The zero-order chi connectivity index (χ0) is 20.8. The molecule has 3 rings (SSSR count). The first-order valence-corrected chi connectivity index (χ1v) is 9.45. The van der Waals surface area contributed by atoms with E-state index in [9.17, 15) is 19.3 Å². The van der Waals surface area contributed by atoms with Gasteiger partial charge in [-0.25, -0.2) is 4.39 Å². The van der Waals surface area contributed by atoms with E-state index in [0.29, 0.717) is 16.8 Å². The first-order valence-electron chi connectivity index (χ1n) is 8.65. The van der Waals surface area contributed by atoms with E-state index in [2.05, 4.69) is 21.2 Å². The van der Waals surface area contributed by atoms with Crippen molar-refractivity contribution in [3.8, 4) is 5.75 Å². The first kappa shape index (κ1) is 20.5. The van der Waals surface area contributed by atoms with Gasteiger partial charge in [0.1, 0.15) is 11.6 Å². The molecule has 0 aliphatic heterocycles. The highest BCUT2D eigenvalue weighted by Gasteiger charge is 2.15. The van der Waals surface area contributed by atoms with Gasteiger partial charge >= 0.3 is 0 Å². The third kappa shape index (κ3) is 5.39. The van der Waals surface area contributed by atoms with Crippen LogP contribution in [0.5, 0.6) is 5.75 Å². The summed E-state index contributed by atoms with van der Waals surface area (Å²) in [6.45, 7) is 0.465. The van der Waals surface area contributed by atoms with E-state index in [1.807, 2.05) is 30.3 Å². The van der Waals surface area contributed by atoms with Crippen LogP contribution >= 0.6 is 15.9 Å². The number of amides is 1. The van der Waals surface area contributed by atoms with E-state index in [1.54, 1.807) is 12.1 Å². The fourth-order valence-corrected chi connectivity index (χ4v) is 3.09. The lowest BCUT2D eigenvalue weighted by Gasteiger charge is -2.11. The summed E-state index contributed by atoms with van der Waals surface area (Å²) < 4.78 is 20.2. The Balaban J connectivity index is 1.65. The summed E-state index contributed by atoms with van der Waals surface area (Å²) in [4.78, 5) is 22.6. The van der Waals surface area contributed by atoms with Crippen molar-refractivity contribution in [2.24, 2.45) is 0 Å². The highest BCUT2D eigenvalue weighted by atomic mass is 79.9. The topological polar surface area (TPSA) is 81.5 Å². The molecule has 0 aliphatic rings. The van der Waals surface area contributed by atoms with Gasteiger partial charge in [-0.3, -0.25) is 14.9 Å². The van der Waals surface area contributed by atoms with Gasteiger partial charge in [0, 0.05) is 24.1 Å². The zero-order valence-electron chi connectivity index (χ0n) is 15.1.